The summed E-state index contributed by atoms with van der Waals surface area (Å²) >= 11 is 0. The summed E-state index contributed by atoms with van der Waals surface area (Å²) in [6.45, 7) is 2.51. The third kappa shape index (κ3) is 3.54. The summed E-state index contributed by atoms with van der Waals surface area (Å²) in [5.41, 5.74) is -8.02. The lowest BCUT2D eigenvalue weighted by Gasteiger charge is -2.39. The van der Waals surface area contributed by atoms with Gasteiger partial charge in [-0.3, -0.25) is 14.4 Å². The molecule has 23 heavy (non-hydrogen) atoms. The third-order valence-corrected chi connectivity index (χ3v) is 3.14. The van der Waals surface area contributed by atoms with Crippen LogP contribution in [0.4, 0.5) is 0 Å². The van der Waals surface area contributed by atoms with Crippen molar-refractivity contribution < 1.29 is 59.7 Å². The first kappa shape index (κ1) is 20.3. The topological polar surface area (TPSA) is 227 Å². The molecule has 0 amide bonds. The molecule has 7 N–H and O–H groups in total. The summed E-state index contributed by atoms with van der Waals surface area (Å²) < 4.78 is 0. The molecule has 0 aliphatic carbocycles. The fourth-order valence-electron chi connectivity index (χ4n) is 1.91. The smallest absolute Gasteiger partial charge is 0.340 e. The molecular formula is C11H13O12. The molecule has 4 unspecified atom stereocenters. The molecule has 0 aromatic rings. The van der Waals surface area contributed by atoms with E-state index in [-0.39, 0.29) is 0 Å². The van der Waals surface area contributed by atoms with E-state index in [9.17, 15) is 34.2 Å². The van der Waals surface area contributed by atoms with Crippen LogP contribution in [0, 0.1) is 18.8 Å². The summed E-state index contributed by atoms with van der Waals surface area (Å²) in [4.78, 5) is 55.1. The first-order valence-corrected chi connectivity index (χ1v) is 5.65. The molecule has 0 bridgehead atoms. The fourth-order valence-corrected chi connectivity index (χ4v) is 1.91. The SMILES string of the molecule is [CH2]C(O)(C(=O)O)C(O)(C(=O)O)C(C(=O)O)C(CC(=O)O)C(=O)O. The number of hydrogen-bond donors (Lipinski definition) is 7. The second-order valence-corrected chi connectivity index (χ2v) is 4.60. The molecule has 0 aliphatic heterocycles. The van der Waals surface area contributed by atoms with Gasteiger partial charge in [0.2, 0.25) is 11.2 Å². The van der Waals surface area contributed by atoms with Crippen LogP contribution >= 0.6 is 0 Å². The molecule has 129 valence electrons. The minimum absolute atomic E-state index is 1.46. The molecule has 0 rings (SSSR count). The van der Waals surface area contributed by atoms with Crippen LogP contribution in [0.3, 0.4) is 0 Å². The van der Waals surface area contributed by atoms with E-state index in [1.165, 1.54) is 0 Å². The Balaban J connectivity index is 6.49. The molecule has 0 aromatic heterocycles. The lowest BCUT2D eigenvalue weighted by Crippen LogP contribution is -2.69. The van der Waals surface area contributed by atoms with Crippen LogP contribution in [0.15, 0.2) is 0 Å². The quantitative estimate of drug-likeness (QED) is 0.228. The van der Waals surface area contributed by atoms with Crippen molar-refractivity contribution in [1.29, 1.82) is 0 Å². The number of carbonyl (C=O) groups is 5. The molecule has 0 spiro atoms. The minimum atomic E-state index is -4.14. The predicted molar refractivity (Wildman–Crippen MR) is 65.0 cm³/mol. The van der Waals surface area contributed by atoms with E-state index >= 15 is 0 Å². The van der Waals surface area contributed by atoms with Crippen LogP contribution in [-0.2, 0) is 24.0 Å². The standard InChI is InChI=1S/C11H13O12/c1-10(22,8(18)19)11(23,9(20)21)5(7(16)17)3(6(14)15)2-4(12)13/h3,5,22-23H,1-2H2,(H,12,13)(H,14,15)(H,16,17)(H,18,19)(H,20,21). The summed E-state index contributed by atoms with van der Waals surface area (Å²) in [5, 5.41) is 63.9. The van der Waals surface area contributed by atoms with Crippen molar-refractivity contribution in [2.24, 2.45) is 11.8 Å². The van der Waals surface area contributed by atoms with Crippen molar-refractivity contribution in [1.82, 2.24) is 0 Å². The van der Waals surface area contributed by atoms with Gasteiger partial charge in [-0.15, -0.1) is 0 Å². The van der Waals surface area contributed by atoms with Crippen molar-refractivity contribution >= 4 is 29.8 Å². The van der Waals surface area contributed by atoms with Gasteiger partial charge in [-0.2, -0.15) is 0 Å². The summed E-state index contributed by atoms with van der Waals surface area (Å²) in [7, 11) is 0. The number of carboxylic acids is 5. The first-order chi connectivity index (χ1) is 10.2. The van der Waals surface area contributed by atoms with Gasteiger partial charge in [-0.05, 0) is 6.92 Å². The van der Waals surface area contributed by atoms with Gasteiger partial charge in [0.15, 0.2) is 0 Å². The maximum absolute atomic E-state index is 11.2. The van der Waals surface area contributed by atoms with Gasteiger partial charge in [0.05, 0.1) is 12.3 Å². The average Bonchev–Trinajstić information content (AvgIpc) is 2.35. The predicted octanol–water partition coefficient (Wildman–Crippen LogP) is -2.67. The van der Waals surface area contributed by atoms with E-state index in [0.29, 0.717) is 0 Å². The van der Waals surface area contributed by atoms with Crippen molar-refractivity contribution in [3.63, 3.8) is 0 Å². The Morgan fingerprint density at radius 2 is 1.26 bits per heavy atom. The van der Waals surface area contributed by atoms with Gasteiger partial charge >= 0.3 is 29.8 Å². The Bertz CT molecular complexity index is 549. The van der Waals surface area contributed by atoms with Crippen LogP contribution in [0.5, 0.6) is 0 Å². The first-order valence-electron chi connectivity index (χ1n) is 5.65. The molecule has 12 heteroatoms. The normalized spacial score (nSPS) is 18.7. The molecular weight excluding hydrogens is 324 g/mol. The maximum atomic E-state index is 11.2. The van der Waals surface area contributed by atoms with Crippen molar-refractivity contribution in [2.75, 3.05) is 0 Å². The maximum Gasteiger partial charge on any atom is 0.340 e. The summed E-state index contributed by atoms with van der Waals surface area (Å²) in [6, 6.07) is 0. The monoisotopic (exact) mass is 337 g/mol. The van der Waals surface area contributed by atoms with Gasteiger partial charge in [0, 0.05) is 0 Å². The zero-order valence-corrected chi connectivity index (χ0v) is 11.2. The highest BCUT2D eigenvalue weighted by Crippen LogP contribution is 2.37. The van der Waals surface area contributed by atoms with Gasteiger partial charge in [-0.1, -0.05) is 0 Å². The number of aliphatic hydroxyl groups is 2. The molecule has 0 aromatic carbocycles. The largest absolute Gasteiger partial charge is 0.481 e. The second-order valence-electron chi connectivity index (χ2n) is 4.60. The highest BCUT2D eigenvalue weighted by atomic mass is 16.5. The molecule has 0 saturated heterocycles. The van der Waals surface area contributed by atoms with E-state index < -0.39 is 59.3 Å². The molecule has 0 saturated carbocycles. The van der Waals surface area contributed by atoms with Crippen LogP contribution in [-0.4, -0.2) is 76.8 Å². The number of aliphatic carboxylic acids is 5. The number of hydrogen-bond acceptors (Lipinski definition) is 7. The van der Waals surface area contributed by atoms with Crippen LogP contribution in [0.2, 0.25) is 0 Å². The number of rotatable bonds is 9. The Kier molecular flexibility index (Phi) is 5.80. The van der Waals surface area contributed by atoms with Crippen LogP contribution in [0.25, 0.3) is 0 Å². The Morgan fingerprint density at radius 1 is 0.826 bits per heavy atom. The van der Waals surface area contributed by atoms with E-state index in [1.807, 2.05) is 0 Å². The lowest BCUT2D eigenvalue weighted by molar-refractivity contribution is -0.218. The fraction of sp³-hybridized carbons (Fsp3) is 0.455. The Labute approximate surface area is 127 Å². The zero-order valence-electron chi connectivity index (χ0n) is 11.2. The van der Waals surface area contributed by atoms with E-state index in [4.69, 9.17) is 25.5 Å². The summed E-state index contributed by atoms with van der Waals surface area (Å²) in [5.74, 6) is -17.0. The van der Waals surface area contributed by atoms with Gasteiger partial charge in [0.25, 0.3) is 0 Å². The molecule has 4 atom stereocenters. The van der Waals surface area contributed by atoms with Crippen molar-refractivity contribution in [3.05, 3.63) is 6.92 Å². The minimum Gasteiger partial charge on any atom is -0.481 e. The Hall–Kier alpha value is -2.73. The van der Waals surface area contributed by atoms with Crippen molar-refractivity contribution in [2.45, 2.75) is 17.6 Å². The van der Waals surface area contributed by atoms with E-state index in [2.05, 4.69) is 6.92 Å². The Morgan fingerprint density at radius 3 is 1.48 bits per heavy atom. The second kappa shape index (κ2) is 6.58. The third-order valence-electron chi connectivity index (χ3n) is 3.14. The van der Waals surface area contributed by atoms with Crippen LogP contribution in [0.1, 0.15) is 6.42 Å². The zero-order chi connectivity index (χ0) is 18.7. The summed E-state index contributed by atoms with van der Waals surface area (Å²) in [6.07, 6.45) is -1.46. The van der Waals surface area contributed by atoms with E-state index in [0.717, 1.165) is 0 Å². The van der Waals surface area contributed by atoms with Crippen molar-refractivity contribution in [3.8, 4) is 0 Å². The average molecular weight is 337 g/mol. The number of carboxylic acid groups (broad SMARTS) is 5. The van der Waals surface area contributed by atoms with Gasteiger partial charge in [0.1, 0.15) is 5.92 Å². The van der Waals surface area contributed by atoms with Gasteiger partial charge in [-0.25, -0.2) is 9.59 Å². The lowest BCUT2D eigenvalue weighted by atomic mass is 9.68. The molecule has 0 fully saturated rings. The van der Waals surface area contributed by atoms with Gasteiger partial charge < -0.3 is 35.7 Å². The molecule has 12 nitrogen and oxygen atoms in total. The van der Waals surface area contributed by atoms with Crippen LogP contribution < -0.4 is 0 Å². The molecule has 0 heterocycles. The highest BCUT2D eigenvalue weighted by Gasteiger charge is 2.67. The molecule has 0 aliphatic rings. The highest BCUT2D eigenvalue weighted by molar-refractivity contribution is 5.97. The molecule has 1 radical (unpaired) electrons. The van der Waals surface area contributed by atoms with E-state index in [1.54, 1.807) is 0 Å².